The van der Waals surface area contributed by atoms with Crippen LogP contribution >= 0.6 is 0 Å². The van der Waals surface area contributed by atoms with Crippen LogP contribution in [0.2, 0.25) is 0 Å². The topological polar surface area (TPSA) is 99.4 Å². The maximum Gasteiger partial charge on any atom is 0.160 e. The fraction of sp³-hybridized carbons (Fsp3) is 0.294. The van der Waals surface area contributed by atoms with Crippen LogP contribution in [0.1, 0.15) is 17.2 Å². The predicted molar refractivity (Wildman–Crippen MR) is 81.9 cm³/mol. The van der Waals surface area contributed by atoms with E-state index >= 15 is 0 Å². The van der Waals surface area contributed by atoms with Crippen LogP contribution in [0, 0.1) is 0 Å². The minimum atomic E-state index is -1.52. The van der Waals surface area contributed by atoms with E-state index in [9.17, 15) is 20.4 Å². The van der Waals surface area contributed by atoms with E-state index in [1.165, 1.54) is 31.4 Å². The first-order chi connectivity index (χ1) is 10.9. The molecule has 122 valence electrons. The van der Waals surface area contributed by atoms with Crippen molar-refractivity contribution < 1.29 is 29.9 Å². The van der Waals surface area contributed by atoms with E-state index in [1.807, 2.05) is 0 Å². The highest BCUT2D eigenvalue weighted by Crippen LogP contribution is 2.41. The molecule has 4 N–H and O–H groups in total. The Bertz CT molecular complexity index is 729. The van der Waals surface area contributed by atoms with Gasteiger partial charge in [0, 0.05) is 18.1 Å². The predicted octanol–water partition coefficient (Wildman–Crippen LogP) is 1.51. The van der Waals surface area contributed by atoms with Gasteiger partial charge in [-0.3, -0.25) is 0 Å². The van der Waals surface area contributed by atoms with Crippen molar-refractivity contribution in [1.82, 2.24) is 0 Å². The molecule has 2 unspecified atom stereocenters. The SMILES string of the molecule is COc1cc(CC2(O)COc3cc(O)ccc3C2O)ccc1O. The van der Waals surface area contributed by atoms with Crippen LogP contribution in [0.4, 0.5) is 0 Å². The molecule has 0 radical (unpaired) electrons. The van der Waals surface area contributed by atoms with Gasteiger partial charge in [-0.1, -0.05) is 6.07 Å². The number of hydrogen-bond donors (Lipinski definition) is 4. The molecule has 0 saturated carbocycles. The van der Waals surface area contributed by atoms with E-state index in [-0.39, 0.29) is 24.5 Å². The lowest BCUT2D eigenvalue weighted by atomic mass is 9.84. The largest absolute Gasteiger partial charge is 0.508 e. The molecule has 6 nitrogen and oxygen atoms in total. The number of aromatic hydroxyl groups is 2. The van der Waals surface area contributed by atoms with Gasteiger partial charge < -0.3 is 29.9 Å². The molecule has 1 heterocycles. The molecule has 0 aliphatic carbocycles. The molecule has 2 atom stereocenters. The maximum absolute atomic E-state index is 10.8. The number of hydrogen-bond acceptors (Lipinski definition) is 6. The monoisotopic (exact) mass is 318 g/mol. The first-order valence-electron chi connectivity index (χ1n) is 7.15. The Morgan fingerprint density at radius 3 is 2.74 bits per heavy atom. The zero-order valence-electron chi connectivity index (χ0n) is 12.6. The first-order valence-corrected chi connectivity index (χ1v) is 7.15. The normalized spacial score (nSPS) is 23.0. The number of rotatable bonds is 3. The van der Waals surface area contributed by atoms with Crippen molar-refractivity contribution in [3.8, 4) is 23.0 Å². The fourth-order valence-electron chi connectivity index (χ4n) is 2.78. The van der Waals surface area contributed by atoms with Crippen LogP contribution in [0.3, 0.4) is 0 Å². The molecule has 0 spiro atoms. The number of benzene rings is 2. The Kier molecular flexibility index (Phi) is 3.79. The smallest absolute Gasteiger partial charge is 0.160 e. The summed E-state index contributed by atoms with van der Waals surface area (Å²) in [5.41, 5.74) is -0.416. The average molecular weight is 318 g/mol. The van der Waals surface area contributed by atoms with Gasteiger partial charge in [0.05, 0.1) is 7.11 Å². The zero-order chi connectivity index (χ0) is 16.6. The van der Waals surface area contributed by atoms with Crippen LogP contribution in [0.25, 0.3) is 0 Å². The molecule has 1 aliphatic rings. The highest BCUT2D eigenvalue weighted by molar-refractivity contribution is 5.45. The highest BCUT2D eigenvalue weighted by atomic mass is 16.5. The number of phenols is 2. The Labute approximate surface area is 133 Å². The Morgan fingerprint density at radius 1 is 1.22 bits per heavy atom. The van der Waals surface area contributed by atoms with Gasteiger partial charge in [0.25, 0.3) is 0 Å². The maximum atomic E-state index is 10.8. The standard InChI is InChI=1S/C17H18O6/c1-22-15-6-10(2-5-13(15)19)8-17(21)9-23-14-7-11(18)3-4-12(14)16(17)20/h2-7,16,18-21H,8-9H2,1H3. The number of ether oxygens (including phenoxy) is 2. The van der Waals surface area contributed by atoms with Crippen molar-refractivity contribution in [3.63, 3.8) is 0 Å². The summed E-state index contributed by atoms with van der Waals surface area (Å²) in [4.78, 5) is 0. The van der Waals surface area contributed by atoms with Gasteiger partial charge in [-0.25, -0.2) is 0 Å². The third-order valence-electron chi connectivity index (χ3n) is 4.03. The van der Waals surface area contributed by atoms with E-state index in [2.05, 4.69) is 0 Å². The third-order valence-corrected chi connectivity index (χ3v) is 4.03. The van der Waals surface area contributed by atoms with E-state index < -0.39 is 11.7 Å². The summed E-state index contributed by atoms with van der Waals surface area (Å²) < 4.78 is 10.5. The molecule has 6 heteroatoms. The fourth-order valence-corrected chi connectivity index (χ4v) is 2.78. The second-order valence-electron chi connectivity index (χ2n) is 5.70. The van der Waals surface area contributed by atoms with Crippen LogP contribution in [0.15, 0.2) is 36.4 Å². The van der Waals surface area contributed by atoms with Gasteiger partial charge in [0.15, 0.2) is 11.5 Å². The quantitative estimate of drug-likeness (QED) is 0.684. The van der Waals surface area contributed by atoms with E-state index in [0.29, 0.717) is 22.6 Å². The summed E-state index contributed by atoms with van der Waals surface area (Å²) in [5, 5.41) is 40.4. The molecule has 2 aromatic rings. The van der Waals surface area contributed by atoms with Gasteiger partial charge in [-0.05, 0) is 29.8 Å². The second kappa shape index (κ2) is 5.64. The van der Waals surface area contributed by atoms with Crippen molar-refractivity contribution in [1.29, 1.82) is 0 Å². The number of aliphatic hydroxyl groups is 2. The van der Waals surface area contributed by atoms with Crippen LogP contribution in [0.5, 0.6) is 23.0 Å². The summed E-state index contributed by atoms with van der Waals surface area (Å²) in [5.74, 6) is 0.683. The van der Waals surface area contributed by atoms with Crippen molar-refractivity contribution in [2.45, 2.75) is 18.1 Å². The summed E-state index contributed by atoms with van der Waals surface area (Å²) in [6.07, 6.45) is -1.04. The Balaban J connectivity index is 1.89. The molecule has 0 fully saturated rings. The van der Waals surface area contributed by atoms with Gasteiger partial charge in [-0.15, -0.1) is 0 Å². The summed E-state index contributed by atoms with van der Waals surface area (Å²) in [7, 11) is 1.44. The lowest BCUT2D eigenvalue weighted by Gasteiger charge is -2.38. The lowest BCUT2D eigenvalue weighted by molar-refractivity contribution is -0.114. The summed E-state index contributed by atoms with van der Waals surface area (Å²) >= 11 is 0. The molecular formula is C17H18O6. The van der Waals surface area contributed by atoms with E-state index in [1.54, 1.807) is 12.1 Å². The van der Waals surface area contributed by atoms with Crippen molar-refractivity contribution in [2.24, 2.45) is 0 Å². The van der Waals surface area contributed by atoms with Gasteiger partial charge in [0.1, 0.15) is 29.8 Å². The van der Waals surface area contributed by atoms with Gasteiger partial charge in [0.2, 0.25) is 0 Å². The van der Waals surface area contributed by atoms with Crippen molar-refractivity contribution in [2.75, 3.05) is 13.7 Å². The molecule has 1 aliphatic heterocycles. The number of fused-ring (bicyclic) bond motifs is 1. The van der Waals surface area contributed by atoms with Crippen molar-refractivity contribution in [3.05, 3.63) is 47.5 Å². The number of methoxy groups -OCH3 is 1. The zero-order valence-corrected chi connectivity index (χ0v) is 12.6. The minimum absolute atomic E-state index is 0.00417. The molecule has 0 saturated heterocycles. The van der Waals surface area contributed by atoms with Gasteiger partial charge >= 0.3 is 0 Å². The molecule has 3 rings (SSSR count). The first kappa shape index (κ1) is 15.5. The minimum Gasteiger partial charge on any atom is -0.508 e. The summed E-state index contributed by atoms with van der Waals surface area (Å²) in [6.45, 7) is -0.117. The second-order valence-corrected chi connectivity index (χ2v) is 5.70. The molecular weight excluding hydrogens is 300 g/mol. The van der Waals surface area contributed by atoms with Crippen LogP contribution < -0.4 is 9.47 Å². The van der Waals surface area contributed by atoms with Crippen LogP contribution in [-0.4, -0.2) is 39.7 Å². The lowest BCUT2D eigenvalue weighted by Crippen LogP contribution is -2.47. The molecule has 2 aromatic carbocycles. The molecule has 0 aromatic heterocycles. The molecule has 0 amide bonds. The third kappa shape index (κ3) is 2.78. The van der Waals surface area contributed by atoms with Crippen molar-refractivity contribution >= 4 is 0 Å². The average Bonchev–Trinajstić information content (AvgIpc) is 2.53. The van der Waals surface area contributed by atoms with Crippen LogP contribution in [-0.2, 0) is 6.42 Å². The Morgan fingerprint density at radius 2 is 2.00 bits per heavy atom. The van der Waals surface area contributed by atoms with E-state index in [0.717, 1.165) is 0 Å². The summed E-state index contributed by atoms with van der Waals surface area (Å²) in [6, 6.07) is 9.08. The molecule has 0 bridgehead atoms. The highest BCUT2D eigenvalue weighted by Gasteiger charge is 2.42. The van der Waals surface area contributed by atoms with E-state index in [4.69, 9.17) is 9.47 Å². The Hall–Kier alpha value is -2.44. The number of aliphatic hydroxyl groups excluding tert-OH is 1. The molecule has 23 heavy (non-hydrogen) atoms. The number of phenolic OH excluding ortho intramolecular Hbond substituents is 2. The van der Waals surface area contributed by atoms with Gasteiger partial charge in [-0.2, -0.15) is 0 Å².